The number of aliphatic hydroxyl groups excluding tert-OH is 1. The zero-order chi connectivity index (χ0) is 13.0. The van der Waals surface area contributed by atoms with Crippen molar-refractivity contribution in [2.24, 2.45) is 0 Å². The van der Waals surface area contributed by atoms with Gasteiger partial charge in [0.15, 0.2) is 0 Å². The van der Waals surface area contributed by atoms with Crippen LogP contribution in [0, 0.1) is 0 Å². The number of rotatable bonds is 7. The average molecular weight is 232 g/mol. The van der Waals surface area contributed by atoms with Gasteiger partial charge in [-0.3, -0.25) is 4.90 Å². The highest BCUT2D eigenvalue weighted by Gasteiger charge is 2.38. The lowest BCUT2D eigenvalue weighted by Crippen LogP contribution is -2.56. The van der Waals surface area contributed by atoms with Crippen LogP contribution in [-0.2, 0) is 0 Å². The molecule has 2 unspecified atom stereocenters. The van der Waals surface area contributed by atoms with Crippen molar-refractivity contribution >= 4 is 0 Å². The number of hydrogen-bond donors (Lipinski definition) is 2. The normalized spacial score (nSPS) is 19.9. The molecular formula is C12H28N2O2. The molecule has 0 spiro atoms. The molecule has 0 aliphatic heterocycles. The predicted octanol–water partition coefficient (Wildman–Crippen LogP) is 0.739. The molecule has 0 radical (unpaired) electrons. The minimum Gasteiger partial charge on any atom is -0.394 e. The summed E-state index contributed by atoms with van der Waals surface area (Å²) in [4.78, 5) is 3.97. The Morgan fingerprint density at radius 3 is 1.75 bits per heavy atom. The minimum absolute atomic E-state index is 0.0391. The third kappa shape index (κ3) is 3.70. The average Bonchev–Trinajstić information content (AvgIpc) is 2.17. The first-order valence-corrected chi connectivity index (χ1v) is 5.99. The van der Waals surface area contributed by atoms with E-state index in [1.165, 1.54) is 0 Å². The highest BCUT2D eigenvalue weighted by atomic mass is 16.3. The molecule has 0 saturated heterocycles. The summed E-state index contributed by atoms with van der Waals surface area (Å²) in [5.41, 5.74) is -1.28. The molecular weight excluding hydrogens is 204 g/mol. The lowest BCUT2D eigenvalue weighted by Gasteiger charge is -2.44. The van der Waals surface area contributed by atoms with Crippen molar-refractivity contribution in [2.45, 2.75) is 45.4 Å². The van der Waals surface area contributed by atoms with Crippen LogP contribution >= 0.6 is 0 Å². The molecule has 0 amide bonds. The van der Waals surface area contributed by atoms with Crippen LogP contribution in [0.5, 0.6) is 0 Å². The molecule has 98 valence electrons. The first-order chi connectivity index (χ1) is 7.23. The first-order valence-electron chi connectivity index (χ1n) is 5.99. The van der Waals surface area contributed by atoms with Gasteiger partial charge in [0, 0.05) is 12.0 Å². The molecule has 0 bridgehead atoms. The number of likely N-dealkylation sites (N-methyl/N-ethyl adjacent to an activating group) is 1. The Balaban J connectivity index is 4.78. The molecule has 16 heavy (non-hydrogen) atoms. The molecule has 0 saturated carbocycles. The lowest BCUT2D eigenvalue weighted by atomic mass is 9.90. The van der Waals surface area contributed by atoms with Crippen LogP contribution in [0.15, 0.2) is 0 Å². The molecule has 0 aliphatic carbocycles. The highest BCUT2D eigenvalue weighted by Crippen LogP contribution is 2.26. The van der Waals surface area contributed by atoms with Crippen molar-refractivity contribution < 1.29 is 10.2 Å². The van der Waals surface area contributed by atoms with Gasteiger partial charge < -0.3 is 15.1 Å². The van der Waals surface area contributed by atoms with Crippen LogP contribution in [-0.4, -0.2) is 65.1 Å². The third-order valence-corrected chi connectivity index (χ3v) is 3.58. The summed E-state index contributed by atoms with van der Waals surface area (Å²) in [7, 11) is 3.85. The fraction of sp³-hybridized carbons (Fsp3) is 1.00. The van der Waals surface area contributed by atoms with Gasteiger partial charge in [-0.05, 0) is 41.0 Å². The zero-order valence-electron chi connectivity index (χ0n) is 11.6. The Morgan fingerprint density at radius 2 is 1.50 bits per heavy atom. The largest absolute Gasteiger partial charge is 0.394 e. The summed E-state index contributed by atoms with van der Waals surface area (Å²) in [6.45, 7) is 9.49. The molecule has 4 nitrogen and oxygen atoms in total. The van der Waals surface area contributed by atoms with Crippen molar-refractivity contribution in [1.82, 2.24) is 9.80 Å². The molecule has 0 fully saturated rings. The molecule has 0 aliphatic rings. The van der Waals surface area contributed by atoms with E-state index in [1.807, 2.05) is 51.6 Å². The maximum atomic E-state index is 10.5. The van der Waals surface area contributed by atoms with Gasteiger partial charge in [0.2, 0.25) is 0 Å². The van der Waals surface area contributed by atoms with Crippen molar-refractivity contribution in [2.75, 3.05) is 33.8 Å². The Bertz CT molecular complexity index is 203. The molecule has 2 atom stereocenters. The smallest absolute Gasteiger partial charge is 0.117 e. The van der Waals surface area contributed by atoms with Crippen LogP contribution < -0.4 is 0 Å². The van der Waals surface area contributed by atoms with Gasteiger partial charge in [0.1, 0.15) is 5.72 Å². The van der Waals surface area contributed by atoms with Gasteiger partial charge in [0.25, 0.3) is 0 Å². The molecule has 4 heteroatoms. The van der Waals surface area contributed by atoms with E-state index < -0.39 is 11.3 Å². The summed E-state index contributed by atoms with van der Waals surface area (Å²) in [6.07, 6.45) is 0.519. The van der Waals surface area contributed by atoms with Gasteiger partial charge in [-0.2, -0.15) is 0 Å². The fourth-order valence-corrected chi connectivity index (χ4v) is 2.09. The molecule has 0 aromatic rings. The quantitative estimate of drug-likeness (QED) is 0.636. The Morgan fingerprint density at radius 1 is 1.06 bits per heavy atom. The Hall–Kier alpha value is -0.160. The summed E-state index contributed by atoms with van der Waals surface area (Å²) >= 11 is 0. The zero-order valence-corrected chi connectivity index (χ0v) is 11.6. The van der Waals surface area contributed by atoms with Gasteiger partial charge >= 0.3 is 0 Å². The van der Waals surface area contributed by atoms with E-state index in [0.717, 1.165) is 13.1 Å². The Labute approximate surface area is 99.9 Å². The van der Waals surface area contributed by atoms with Gasteiger partial charge in [-0.25, -0.2) is 0 Å². The third-order valence-electron chi connectivity index (χ3n) is 3.58. The molecule has 0 aromatic carbocycles. The van der Waals surface area contributed by atoms with Crippen LogP contribution in [0.1, 0.15) is 34.1 Å². The molecule has 2 N–H and O–H groups in total. The number of aliphatic hydroxyl groups is 2. The second-order valence-corrected chi connectivity index (χ2v) is 5.12. The van der Waals surface area contributed by atoms with Crippen molar-refractivity contribution in [1.29, 1.82) is 0 Å². The van der Waals surface area contributed by atoms with E-state index in [-0.39, 0.29) is 6.61 Å². The summed E-state index contributed by atoms with van der Waals surface area (Å²) in [5.74, 6) is 0. The summed E-state index contributed by atoms with van der Waals surface area (Å²) < 4.78 is 0. The maximum Gasteiger partial charge on any atom is 0.117 e. The van der Waals surface area contributed by atoms with Gasteiger partial charge in [0.05, 0.1) is 6.61 Å². The van der Waals surface area contributed by atoms with Gasteiger partial charge in [-0.1, -0.05) is 13.8 Å². The molecule has 0 heterocycles. The standard InChI is InChI=1S/C12H28N2O2/c1-7-14(8-2)12(4,16)9-11(3,10-15)13(5)6/h15-16H,7-10H2,1-6H3. The summed E-state index contributed by atoms with van der Waals surface area (Å²) in [5, 5.41) is 20.0. The van der Waals surface area contributed by atoms with Crippen molar-refractivity contribution in [3.05, 3.63) is 0 Å². The van der Waals surface area contributed by atoms with E-state index in [1.54, 1.807) is 0 Å². The van der Waals surface area contributed by atoms with E-state index in [0.29, 0.717) is 6.42 Å². The molecule has 0 rings (SSSR count). The topological polar surface area (TPSA) is 46.9 Å². The molecule has 0 aromatic heterocycles. The number of hydrogen-bond acceptors (Lipinski definition) is 4. The fourth-order valence-electron chi connectivity index (χ4n) is 2.09. The second-order valence-electron chi connectivity index (χ2n) is 5.12. The second kappa shape index (κ2) is 5.96. The lowest BCUT2D eigenvalue weighted by molar-refractivity contribution is -0.126. The van der Waals surface area contributed by atoms with Gasteiger partial charge in [-0.15, -0.1) is 0 Å². The van der Waals surface area contributed by atoms with Crippen molar-refractivity contribution in [3.63, 3.8) is 0 Å². The highest BCUT2D eigenvalue weighted by molar-refractivity contribution is 4.90. The predicted molar refractivity (Wildman–Crippen MR) is 67.3 cm³/mol. The van der Waals surface area contributed by atoms with Crippen LogP contribution in [0.2, 0.25) is 0 Å². The first kappa shape index (κ1) is 15.8. The maximum absolute atomic E-state index is 10.5. The minimum atomic E-state index is -0.884. The van der Waals surface area contributed by atoms with Crippen LogP contribution in [0.3, 0.4) is 0 Å². The van der Waals surface area contributed by atoms with E-state index >= 15 is 0 Å². The Kier molecular flexibility index (Phi) is 5.90. The van der Waals surface area contributed by atoms with Crippen LogP contribution in [0.25, 0.3) is 0 Å². The van der Waals surface area contributed by atoms with Crippen LogP contribution in [0.4, 0.5) is 0 Å². The van der Waals surface area contributed by atoms with E-state index in [4.69, 9.17) is 0 Å². The number of nitrogens with zero attached hydrogens (tertiary/aromatic N) is 2. The van der Waals surface area contributed by atoms with E-state index in [2.05, 4.69) is 0 Å². The SMILES string of the molecule is CCN(CC)C(C)(O)CC(C)(CO)N(C)C. The monoisotopic (exact) mass is 232 g/mol. The summed E-state index contributed by atoms with van der Waals surface area (Å²) in [6, 6.07) is 0. The van der Waals surface area contributed by atoms with E-state index in [9.17, 15) is 10.2 Å². The van der Waals surface area contributed by atoms with Crippen molar-refractivity contribution in [3.8, 4) is 0 Å².